The van der Waals surface area contributed by atoms with Crippen molar-refractivity contribution in [3.8, 4) is 17.0 Å². The molecule has 3 aromatic rings. The zero-order chi connectivity index (χ0) is 25.3. The lowest BCUT2D eigenvalue weighted by molar-refractivity contribution is 0.0197. The highest BCUT2D eigenvalue weighted by Gasteiger charge is 2.29. The number of hydrogen-bond donors (Lipinski definition) is 0. The molecule has 1 saturated heterocycles. The molecule has 0 unspecified atom stereocenters. The first-order valence-electron chi connectivity index (χ1n) is 11.9. The minimum atomic E-state index is -0.548. The summed E-state index contributed by atoms with van der Waals surface area (Å²) in [5.74, 6) is 0.699. The van der Waals surface area contributed by atoms with E-state index in [0.29, 0.717) is 41.3 Å². The first-order valence-corrected chi connectivity index (χ1v) is 11.9. The summed E-state index contributed by atoms with van der Waals surface area (Å²) in [7, 11) is 1.62. The van der Waals surface area contributed by atoms with Crippen LogP contribution in [-0.4, -0.2) is 58.0 Å². The minimum Gasteiger partial charge on any atom is -0.496 e. The van der Waals surface area contributed by atoms with Crippen LogP contribution in [0, 0.1) is 13.8 Å². The predicted molar refractivity (Wildman–Crippen MR) is 134 cm³/mol. The summed E-state index contributed by atoms with van der Waals surface area (Å²) < 4.78 is 11.2. The molecule has 0 saturated carbocycles. The summed E-state index contributed by atoms with van der Waals surface area (Å²) >= 11 is 0. The van der Waals surface area contributed by atoms with Gasteiger partial charge in [-0.1, -0.05) is 6.07 Å². The van der Waals surface area contributed by atoms with Gasteiger partial charge in [0.25, 0.3) is 0 Å². The molecule has 8 heteroatoms. The second-order valence-electron chi connectivity index (χ2n) is 10.1. The highest BCUT2D eigenvalue weighted by Crippen LogP contribution is 2.35. The summed E-state index contributed by atoms with van der Waals surface area (Å²) in [6, 6.07) is 5.73. The van der Waals surface area contributed by atoms with Gasteiger partial charge < -0.3 is 14.4 Å². The van der Waals surface area contributed by atoms with Crippen molar-refractivity contribution in [1.29, 1.82) is 0 Å². The lowest BCUT2D eigenvalue weighted by Crippen LogP contribution is -2.42. The van der Waals surface area contributed by atoms with Crippen molar-refractivity contribution in [2.75, 3.05) is 20.2 Å². The van der Waals surface area contributed by atoms with Gasteiger partial charge in [0.15, 0.2) is 11.9 Å². The van der Waals surface area contributed by atoms with Crippen LogP contribution in [0.5, 0.6) is 5.75 Å². The standard InChI is InChI=1S/C27H32N4O4/c1-16-10-17(2)23(22(11-16)34-6)20-12-19(15-32)24-25(29-20)30-21(13-28-24)18-8-7-9-31(14-18)26(33)35-27(3,4)5/h10-13,15,18H,7-9,14H2,1-6H3/t18-/m1/s1. The Bertz CT molecular complexity index is 1280. The van der Waals surface area contributed by atoms with Crippen LogP contribution in [-0.2, 0) is 4.74 Å². The molecule has 1 aromatic carbocycles. The molecule has 1 fully saturated rings. The van der Waals surface area contributed by atoms with Crippen LogP contribution in [0.25, 0.3) is 22.4 Å². The van der Waals surface area contributed by atoms with Crippen LogP contribution in [0.4, 0.5) is 4.79 Å². The van der Waals surface area contributed by atoms with Crippen molar-refractivity contribution in [1.82, 2.24) is 19.9 Å². The van der Waals surface area contributed by atoms with Crippen molar-refractivity contribution in [3.63, 3.8) is 0 Å². The van der Waals surface area contributed by atoms with E-state index in [4.69, 9.17) is 19.4 Å². The lowest BCUT2D eigenvalue weighted by atomic mass is 9.95. The Morgan fingerprint density at radius 2 is 1.94 bits per heavy atom. The van der Waals surface area contributed by atoms with Gasteiger partial charge in [-0.15, -0.1) is 0 Å². The molecule has 35 heavy (non-hydrogen) atoms. The molecule has 2 aromatic heterocycles. The number of methoxy groups -OCH3 is 1. The van der Waals surface area contributed by atoms with Crippen molar-refractivity contribution in [2.24, 2.45) is 0 Å². The van der Waals surface area contributed by atoms with Gasteiger partial charge >= 0.3 is 6.09 Å². The van der Waals surface area contributed by atoms with E-state index in [1.54, 1.807) is 24.3 Å². The summed E-state index contributed by atoms with van der Waals surface area (Å²) in [6.07, 6.45) is 3.88. The molecule has 1 amide bonds. The van der Waals surface area contributed by atoms with Crippen LogP contribution in [0.1, 0.15) is 66.7 Å². The second-order valence-corrected chi connectivity index (χ2v) is 10.1. The Morgan fingerprint density at radius 3 is 2.63 bits per heavy atom. The lowest BCUT2D eigenvalue weighted by Gasteiger charge is -2.33. The van der Waals surface area contributed by atoms with Gasteiger partial charge in [0.05, 0.1) is 18.5 Å². The van der Waals surface area contributed by atoms with E-state index >= 15 is 0 Å². The first kappa shape index (κ1) is 24.6. The summed E-state index contributed by atoms with van der Waals surface area (Å²) in [4.78, 5) is 40.4. The SMILES string of the molecule is COc1cc(C)cc(C)c1-c1cc(C=O)c2ncc([C@@H]3CCCN(C(=O)OC(C)(C)C)C3)nc2n1. The third-order valence-electron chi connectivity index (χ3n) is 6.10. The average molecular weight is 477 g/mol. The summed E-state index contributed by atoms with van der Waals surface area (Å²) in [5, 5.41) is 0. The molecule has 4 rings (SSSR count). The summed E-state index contributed by atoms with van der Waals surface area (Å²) in [6.45, 7) is 10.7. The van der Waals surface area contributed by atoms with Gasteiger partial charge in [-0.2, -0.15) is 0 Å². The van der Waals surface area contributed by atoms with Gasteiger partial charge in [0.1, 0.15) is 16.9 Å². The molecule has 3 heterocycles. The van der Waals surface area contributed by atoms with Gasteiger partial charge in [-0.25, -0.2) is 14.8 Å². The fraction of sp³-hybridized carbons (Fsp3) is 0.444. The molecule has 1 aliphatic rings. The van der Waals surface area contributed by atoms with E-state index < -0.39 is 5.60 Å². The second kappa shape index (κ2) is 9.60. The van der Waals surface area contributed by atoms with E-state index in [1.165, 1.54) is 0 Å². The number of carbonyl (C=O) groups excluding carboxylic acids is 2. The predicted octanol–water partition coefficient (Wildman–Crippen LogP) is 5.24. The number of hydrogen-bond acceptors (Lipinski definition) is 7. The Labute approximate surface area is 205 Å². The highest BCUT2D eigenvalue weighted by atomic mass is 16.6. The topological polar surface area (TPSA) is 94.5 Å². The van der Waals surface area contributed by atoms with E-state index in [2.05, 4.69) is 11.1 Å². The Balaban J connectivity index is 1.73. The first-order chi connectivity index (χ1) is 16.6. The van der Waals surface area contributed by atoms with Crippen LogP contribution in [0.15, 0.2) is 24.4 Å². The van der Waals surface area contributed by atoms with Crippen molar-refractivity contribution >= 4 is 23.5 Å². The van der Waals surface area contributed by atoms with E-state index in [0.717, 1.165) is 41.5 Å². The van der Waals surface area contributed by atoms with Gasteiger partial charge in [0.2, 0.25) is 0 Å². The molecule has 8 nitrogen and oxygen atoms in total. The van der Waals surface area contributed by atoms with E-state index in [-0.39, 0.29) is 12.0 Å². The maximum absolute atomic E-state index is 12.6. The molecule has 1 aliphatic heterocycles. The largest absolute Gasteiger partial charge is 0.496 e. The molecule has 1 atom stereocenters. The van der Waals surface area contributed by atoms with Gasteiger partial charge in [0, 0.05) is 36.3 Å². The molecule has 0 aliphatic carbocycles. The maximum atomic E-state index is 12.6. The molecular weight excluding hydrogens is 444 g/mol. The smallest absolute Gasteiger partial charge is 0.410 e. The van der Waals surface area contributed by atoms with E-state index in [9.17, 15) is 9.59 Å². The summed E-state index contributed by atoms with van der Waals surface area (Å²) in [5.41, 5.74) is 4.99. The monoisotopic (exact) mass is 476 g/mol. The number of aromatic nitrogens is 3. The number of amides is 1. The Morgan fingerprint density at radius 1 is 1.17 bits per heavy atom. The molecule has 0 radical (unpaired) electrons. The third kappa shape index (κ3) is 5.26. The van der Waals surface area contributed by atoms with Crippen molar-refractivity contribution in [2.45, 2.75) is 59.0 Å². The number of nitrogens with zero attached hydrogens (tertiary/aromatic N) is 4. The van der Waals surface area contributed by atoms with Crippen molar-refractivity contribution in [3.05, 3.63) is 46.8 Å². The number of likely N-dealkylation sites (tertiary alicyclic amines) is 1. The van der Waals surface area contributed by atoms with Crippen LogP contribution >= 0.6 is 0 Å². The molecular formula is C27H32N4O4. The van der Waals surface area contributed by atoms with E-state index in [1.807, 2.05) is 40.7 Å². The number of benzene rings is 1. The normalized spacial score (nSPS) is 16.3. The zero-order valence-corrected chi connectivity index (χ0v) is 21.2. The highest BCUT2D eigenvalue weighted by molar-refractivity contribution is 5.95. The van der Waals surface area contributed by atoms with Crippen LogP contribution in [0.2, 0.25) is 0 Å². The molecule has 184 valence electrons. The number of pyridine rings is 1. The minimum absolute atomic E-state index is 0.00829. The number of aldehydes is 1. The average Bonchev–Trinajstić information content (AvgIpc) is 2.81. The molecule has 0 bridgehead atoms. The zero-order valence-electron chi connectivity index (χ0n) is 21.2. The fourth-order valence-corrected chi connectivity index (χ4v) is 4.58. The van der Waals surface area contributed by atoms with Crippen LogP contribution in [0.3, 0.4) is 0 Å². The number of carbonyl (C=O) groups is 2. The fourth-order valence-electron chi connectivity index (χ4n) is 4.58. The molecule has 0 spiro atoms. The number of aryl methyl sites for hydroxylation is 2. The van der Waals surface area contributed by atoms with Gasteiger partial charge in [-0.05, 0) is 70.7 Å². The number of piperidine rings is 1. The number of fused-ring (bicyclic) bond motifs is 1. The third-order valence-corrected chi connectivity index (χ3v) is 6.10. The Kier molecular flexibility index (Phi) is 6.74. The van der Waals surface area contributed by atoms with Crippen molar-refractivity contribution < 1.29 is 19.1 Å². The van der Waals surface area contributed by atoms with Gasteiger partial charge in [-0.3, -0.25) is 9.78 Å². The quantitative estimate of drug-likeness (QED) is 0.475. The number of ether oxygens (including phenoxy) is 2. The Hall–Kier alpha value is -3.55. The maximum Gasteiger partial charge on any atom is 0.410 e. The van der Waals surface area contributed by atoms with Crippen LogP contribution < -0.4 is 4.74 Å². The molecule has 0 N–H and O–H groups in total. The number of rotatable bonds is 4.